The van der Waals surface area contributed by atoms with E-state index >= 15 is 0 Å². The monoisotopic (exact) mass is 382 g/mol. The van der Waals surface area contributed by atoms with E-state index in [1.807, 2.05) is 18.2 Å². The summed E-state index contributed by atoms with van der Waals surface area (Å²) in [7, 11) is 0. The maximum absolute atomic E-state index is 13.6. The van der Waals surface area contributed by atoms with E-state index < -0.39 is 17.7 Å². The fourth-order valence-electron chi connectivity index (χ4n) is 4.81. The van der Waals surface area contributed by atoms with Gasteiger partial charge in [-0.15, -0.1) is 5.10 Å². The molecule has 0 amide bonds. The van der Waals surface area contributed by atoms with Crippen LogP contribution in [0.5, 0.6) is 0 Å². The van der Waals surface area contributed by atoms with Crippen molar-refractivity contribution >= 4 is 0 Å². The third kappa shape index (κ3) is 2.57. The molecule has 144 valence electrons. The minimum atomic E-state index is -0.663. The van der Waals surface area contributed by atoms with Crippen LogP contribution in [0.25, 0.3) is 11.3 Å². The summed E-state index contributed by atoms with van der Waals surface area (Å²) in [6, 6.07) is 11.0. The Morgan fingerprint density at radius 2 is 1.79 bits per heavy atom. The molecule has 7 heteroatoms. The Labute approximate surface area is 161 Å². The molecule has 2 N–H and O–H groups in total. The molecule has 3 aromatic rings. The Morgan fingerprint density at radius 3 is 2.54 bits per heavy atom. The number of nitrogens with zero attached hydrogens (tertiary/aromatic N) is 3. The van der Waals surface area contributed by atoms with Gasteiger partial charge < -0.3 is 10.4 Å². The highest BCUT2D eigenvalue weighted by Gasteiger charge is 2.52. The summed E-state index contributed by atoms with van der Waals surface area (Å²) in [6.07, 6.45) is 2.70. The Bertz CT molecular complexity index is 1010. The average molecular weight is 382 g/mol. The van der Waals surface area contributed by atoms with Crippen LogP contribution in [0.2, 0.25) is 0 Å². The van der Waals surface area contributed by atoms with E-state index in [2.05, 4.69) is 21.7 Å². The average Bonchev–Trinajstić information content (AvgIpc) is 3.25. The highest BCUT2D eigenvalue weighted by molar-refractivity contribution is 5.58. The molecule has 2 heterocycles. The van der Waals surface area contributed by atoms with E-state index in [1.54, 1.807) is 10.9 Å². The lowest BCUT2D eigenvalue weighted by atomic mass is 9.72. The Kier molecular flexibility index (Phi) is 4.03. The maximum Gasteiger partial charge on any atom is 0.126 e. The predicted octanol–water partition coefficient (Wildman–Crippen LogP) is 2.81. The second-order valence-corrected chi connectivity index (χ2v) is 7.62. The van der Waals surface area contributed by atoms with Crippen molar-refractivity contribution in [3.8, 4) is 11.3 Å². The van der Waals surface area contributed by atoms with Gasteiger partial charge in [-0.05, 0) is 49.2 Å². The Hall–Kier alpha value is -2.64. The molecular weight excluding hydrogens is 362 g/mol. The van der Waals surface area contributed by atoms with Gasteiger partial charge in [0, 0.05) is 17.0 Å². The minimum Gasteiger partial charge on any atom is -0.390 e. The molecule has 1 saturated heterocycles. The molecule has 2 atom stereocenters. The number of halogens is 2. The molecule has 2 aliphatic rings. The first-order chi connectivity index (χ1) is 13.6. The van der Waals surface area contributed by atoms with Gasteiger partial charge in [0.05, 0.1) is 12.3 Å². The van der Waals surface area contributed by atoms with Crippen molar-refractivity contribution in [2.75, 3.05) is 13.1 Å². The van der Waals surface area contributed by atoms with E-state index in [0.717, 1.165) is 43.1 Å². The van der Waals surface area contributed by atoms with Gasteiger partial charge in [0.1, 0.15) is 23.4 Å². The van der Waals surface area contributed by atoms with Gasteiger partial charge in [-0.25, -0.2) is 13.5 Å². The number of aliphatic hydroxyl groups excluding tert-OH is 1. The highest BCUT2D eigenvalue weighted by atomic mass is 19.1. The summed E-state index contributed by atoms with van der Waals surface area (Å²) in [4.78, 5) is 0. The Morgan fingerprint density at radius 1 is 1.07 bits per heavy atom. The second-order valence-electron chi connectivity index (χ2n) is 7.62. The number of aromatic nitrogens is 3. The van der Waals surface area contributed by atoms with Crippen LogP contribution in [-0.2, 0) is 5.41 Å². The molecule has 1 aliphatic heterocycles. The smallest absolute Gasteiger partial charge is 0.126 e. The molecule has 2 aromatic carbocycles. The summed E-state index contributed by atoms with van der Waals surface area (Å²) in [5.74, 6) is -1.33. The first-order valence-corrected chi connectivity index (χ1v) is 9.45. The molecule has 5 rings (SSSR count). The molecule has 1 aliphatic carbocycles. The number of nitrogens with one attached hydrogen (secondary N) is 1. The summed E-state index contributed by atoms with van der Waals surface area (Å²) in [5, 5.41) is 23.0. The lowest BCUT2D eigenvalue weighted by molar-refractivity contribution is 0.0421. The zero-order chi connectivity index (χ0) is 19.3. The first kappa shape index (κ1) is 17.5. The molecule has 1 aromatic heterocycles. The van der Waals surface area contributed by atoms with Crippen molar-refractivity contribution in [1.29, 1.82) is 0 Å². The summed E-state index contributed by atoms with van der Waals surface area (Å²) in [5.41, 5.74) is 2.56. The van der Waals surface area contributed by atoms with Crippen LogP contribution in [0.15, 0.2) is 48.7 Å². The van der Waals surface area contributed by atoms with E-state index in [1.165, 1.54) is 12.1 Å². The molecule has 0 radical (unpaired) electrons. The third-order valence-electron chi connectivity index (χ3n) is 6.13. The van der Waals surface area contributed by atoms with Crippen molar-refractivity contribution in [2.45, 2.75) is 30.4 Å². The van der Waals surface area contributed by atoms with E-state index in [0.29, 0.717) is 11.3 Å². The maximum atomic E-state index is 13.6. The normalized spacial score (nSPS) is 23.1. The lowest BCUT2D eigenvalue weighted by Gasteiger charge is -2.38. The van der Waals surface area contributed by atoms with E-state index in [4.69, 9.17) is 0 Å². The van der Waals surface area contributed by atoms with Gasteiger partial charge in [-0.1, -0.05) is 29.5 Å². The van der Waals surface area contributed by atoms with Gasteiger partial charge in [-0.2, -0.15) is 0 Å². The topological polar surface area (TPSA) is 63.0 Å². The van der Waals surface area contributed by atoms with Gasteiger partial charge in [0.15, 0.2) is 0 Å². The van der Waals surface area contributed by atoms with Crippen LogP contribution < -0.4 is 5.32 Å². The fraction of sp³-hybridized carbons (Fsp3) is 0.333. The lowest BCUT2D eigenvalue weighted by Crippen LogP contribution is -2.47. The van der Waals surface area contributed by atoms with E-state index in [9.17, 15) is 13.9 Å². The van der Waals surface area contributed by atoms with Gasteiger partial charge >= 0.3 is 0 Å². The van der Waals surface area contributed by atoms with Crippen LogP contribution in [0, 0.1) is 11.6 Å². The largest absolute Gasteiger partial charge is 0.390 e. The molecule has 28 heavy (non-hydrogen) atoms. The number of rotatable bonds is 2. The number of aliphatic hydroxyl groups is 1. The molecule has 0 saturated carbocycles. The van der Waals surface area contributed by atoms with Crippen molar-refractivity contribution in [3.05, 3.63) is 71.4 Å². The van der Waals surface area contributed by atoms with Crippen LogP contribution in [0.4, 0.5) is 8.78 Å². The summed E-state index contributed by atoms with van der Waals surface area (Å²) in [6.45, 7) is 1.70. The quantitative estimate of drug-likeness (QED) is 0.716. The summed E-state index contributed by atoms with van der Waals surface area (Å²) >= 11 is 0. The number of piperidine rings is 1. The van der Waals surface area contributed by atoms with Crippen LogP contribution >= 0.6 is 0 Å². The molecule has 0 bridgehead atoms. The number of hydrogen-bond acceptors (Lipinski definition) is 4. The SMILES string of the molecule is O[C@@H]1[C@@H](n2cc(-c3cc(F)cc(F)c3)nn2)c2ccccc2C12CCNCC2. The highest BCUT2D eigenvalue weighted by Crippen LogP contribution is 2.51. The zero-order valence-corrected chi connectivity index (χ0v) is 15.1. The summed E-state index contributed by atoms with van der Waals surface area (Å²) < 4.78 is 28.8. The molecule has 0 unspecified atom stereocenters. The molecule has 1 spiro atoms. The molecule has 5 nitrogen and oxygen atoms in total. The number of hydrogen-bond donors (Lipinski definition) is 2. The number of fused-ring (bicyclic) bond motifs is 2. The predicted molar refractivity (Wildman–Crippen MR) is 99.7 cm³/mol. The fourth-order valence-corrected chi connectivity index (χ4v) is 4.81. The zero-order valence-electron chi connectivity index (χ0n) is 15.1. The van der Waals surface area contributed by atoms with E-state index in [-0.39, 0.29) is 11.5 Å². The van der Waals surface area contributed by atoms with Crippen molar-refractivity contribution in [3.63, 3.8) is 0 Å². The molecular formula is C21H20F2N4O. The van der Waals surface area contributed by atoms with Crippen molar-refractivity contribution in [2.24, 2.45) is 0 Å². The van der Waals surface area contributed by atoms with Crippen molar-refractivity contribution in [1.82, 2.24) is 20.3 Å². The second kappa shape index (κ2) is 6.46. The van der Waals surface area contributed by atoms with Crippen LogP contribution in [0.3, 0.4) is 0 Å². The third-order valence-corrected chi connectivity index (χ3v) is 6.13. The minimum absolute atomic E-state index is 0.316. The van der Waals surface area contributed by atoms with Crippen LogP contribution in [-0.4, -0.2) is 39.3 Å². The standard InChI is InChI=1S/C21H20F2N4O/c22-14-9-13(10-15(23)11-14)18-12-27(26-25-18)19-16-3-1-2-4-17(16)21(20(19)28)5-7-24-8-6-21/h1-4,9-12,19-20,24,28H,5-8H2/t19-,20+/m0/s1. The Balaban J connectivity index is 1.58. The number of benzene rings is 2. The van der Waals surface area contributed by atoms with Gasteiger partial charge in [-0.3, -0.25) is 0 Å². The van der Waals surface area contributed by atoms with Crippen LogP contribution in [0.1, 0.15) is 30.0 Å². The first-order valence-electron chi connectivity index (χ1n) is 9.45. The van der Waals surface area contributed by atoms with Crippen molar-refractivity contribution < 1.29 is 13.9 Å². The van der Waals surface area contributed by atoms with Gasteiger partial charge in [0.2, 0.25) is 0 Å². The molecule has 1 fully saturated rings. The van der Waals surface area contributed by atoms with Gasteiger partial charge in [0.25, 0.3) is 0 Å².